The zero-order valence-electron chi connectivity index (χ0n) is 5.34. The maximum absolute atomic E-state index is 9.05. The molecule has 1 aliphatic heterocycles. The minimum atomic E-state index is -0.228. The minimum Gasteiger partial charge on any atom is -0.444 e. The Balaban J connectivity index is 2.23. The predicted molar refractivity (Wildman–Crippen MR) is 33.5 cm³/mol. The van der Waals surface area contributed by atoms with Crippen LogP contribution in [0.4, 0.5) is 0 Å². The highest BCUT2D eigenvalue weighted by molar-refractivity contribution is 4.68. The molecule has 1 rings (SSSR count). The molecule has 1 heterocycles. The molecule has 0 unspecified atom stereocenters. The van der Waals surface area contributed by atoms with Gasteiger partial charge in [0, 0.05) is 13.0 Å². The summed E-state index contributed by atoms with van der Waals surface area (Å²) in [7, 11) is 0. The summed E-state index contributed by atoms with van der Waals surface area (Å²) in [5, 5.41) is 16.0. The number of aliphatic hydroxyl groups excluding tert-OH is 1. The van der Waals surface area contributed by atoms with Crippen LogP contribution in [0.15, 0.2) is 0 Å². The van der Waals surface area contributed by atoms with E-state index >= 15 is 0 Å². The predicted octanol–water partition coefficient (Wildman–Crippen LogP) is -0.749. The van der Waals surface area contributed by atoms with Crippen molar-refractivity contribution in [2.24, 2.45) is 0 Å². The molecule has 3 nitrogen and oxygen atoms in total. The van der Waals surface area contributed by atoms with Gasteiger partial charge in [0.25, 0.3) is 0 Å². The third kappa shape index (κ3) is 1.93. The van der Waals surface area contributed by atoms with Crippen LogP contribution in [0.2, 0.25) is 0 Å². The Hall–Kier alpha value is -0.120. The van der Waals surface area contributed by atoms with E-state index in [9.17, 15) is 0 Å². The van der Waals surface area contributed by atoms with Gasteiger partial charge in [0.2, 0.25) is 0 Å². The number of hydrogen-bond acceptors (Lipinski definition) is 2. The van der Waals surface area contributed by atoms with E-state index in [4.69, 9.17) is 14.9 Å². The first kappa shape index (κ1) is 6.99. The molecule has 3 heteroatoms. The van der Waals surface area contributed by atoms with Crippen LogP contribution in [0, 0.1) is 0 Å². The number of hydrogen-bond donors (Lipinski definition) is 1. The van der Waals surface area contributed by atoms with Gasteiger partial charge in [0.15, 0.2) is 6.61 Å². The zero-order chi connectivity index (χ0) is 6.69. The standard InChI is InChI=1S/C6H12O3/c7-4-6-3-5(8)1-2-9-6/h5-8H,1-4H2/p+1/t5-,6+/m1/s1. The fourth-order valence-corrected chi connectivity index (χ4v) is 1.00. The second kappa shape index (κ2) is 3.15. The average molecular weight is 133 g/mol. The first-order chi connectivity index (χ1) is 4.33. The Labute approximate surface area is 54.3 Å². The van der Waals surface area contributed by atoms with Crippen molar-refractivity contribution in [2.75, 3.05) is 13.2 Å². The van der Waals surface area contributed by atoms with Crippen molar-refractivity contribution in [3.8, 4) is 0 Å². The summed E-state index contributed by atoms with van der Waals surface area (Å²) in [6.07, 6.45) is 1.13. The lowest BCUT2D eigenvalue weighted by Crippen LogP contribution is -2.31. The largest absolute Gasteiger partial charge is 0.444 e. The molecular formula is C6H13O3+. The molecule has 0 aromatic carbocycles. The van der Waals surface area contributed by atoms with Gasteiger partial charge in [-0.3, -0.25) is 0 Å². The molecule has 1 aliphatic rings. The third-order valence-electron chi connectivity index (χ3n) is 1.57. The second-order valence-electron chi connectivity index (χ2n) is 2.38. The van der Waals surface area contributed by atoms with Crippen molar-refractivity contribution in [1.29, 1.82) is 0 Å². The molecule has 0 amide bonds. The van der Waals surface area contributed by atoms with Crippen LogP contribution in [0.3, 0.4) is 0 Å². The molecule has 9 heavy (non-hydrogen) atoms. The number of rotatable bonds is 1. The van der Waals surface area contributed by atoms with Crippen LogP contribution in [-0.4, -0.2) is 35.6 Å². The summed E-state index contributed by atoms with van der Waals surface area (Å²) in [5.41, 5.74) is 0. The molecule has 0 spiro atoms. The van der Waals surface area contributed by atoms with Gasteiger partial charge in [-0.15, -0.1) is 0 Å². The van der Waals surface area contributed by atoms with Gasteiger partial charge in [-0.1, -0.05) is 0 Å². The highest BCUT2D eigenvalue weighted by atomic mass is 16.5. The van der Waals surface area contributed by atoms with Gasteiger partial charge in [-0.05, 0) is 6.42 Å². The van der Waals surface area contributed by atoms with Crippen molar-refractivity contribution < 1.29 is 14.9 Å². The summed E-state index contributed by atoms with van der Waals surface area (Å²) >= 11 is 0. The van der Waals surface area contributed by atoms with E-state index in [1.54, 1.807) is 0 Å². The van der Waals surface area contributed by atoms with E-state index in [0.717, 1.165) is 6.42 Å². The van der Waals surface area contributed by atoms with Crippen LogP contribution in [0.25, 0.3) is 0 Å². The van der Waals surface area contributed by atoms with Crippen LogP contribution < -0.4 is 0 Å². The molecule has 0 saturated carbocycles. The average Bonchev–Trinajstić information content (AvgIpc) is 1.88. The van der Waals surface area contributed by atoms with Gasteiger partial charge >= 0.3 is 0 Å². The van der Waals surface area contributed by atoms with Crippen molar-refractivity contribution in [3.05, 3.63) is 0 Å². The van der Waals surface area contributed by atoms with Crippen LogP contribution >= 0.6 is 0 Å². The first-order valence-corrected chi connectivity index (χ1v) is 3.27. The van der Waals surface area contributed by atoms with Crippen LogP contribution in [-0.2, 0) is 4.74 Å². The fourth-order valence-electron chi connectivity index (χ4n) is 1.00. The molecule has 0 aromatic rings. The van der Waals surface area contributed by atoms with Gasteiger partial charge in [-0.2, -0.15) is 0 Å². The van der Waals surface area contributed by atoms with Crippen molar-refractivity contribution in [3.63, 3.8) is 0 Å². The van der Waals surface area contributed by atoms with E-state index in [1.165, 1.54) is 0 Å². The first-order valence-electron chi connectivity index (χ1n) is 3.27. The molecule has 3 N–H and O–H groups in total. The Kier molecular flexibility index (Phi) is 2.45. The Morgan fingerprint density at radius 1 is 1.67 bits per heavy atom. The Morgan fingerprint density at radius 3 is 2.89 bits per heavy atom. The molecule has 1 fully saturated rings. The van der Waals surface area contributed by atoms with Crippen molar-refractivity contribution in [2.45, 2.75) is 25.0 Å². The van der Waals surface area contributed by atoms with Gasteiger partial charge in [0.05, 0.1) is 6.10 Å². The smallest absolute Gasteiger partial charge is 0.170 e. The molecule has 0 bridgehead atoms. The Morgan fingerprint density at radius 2 is 2.44 bits per heavy atom. The SMILES string of the molecule is O[C@@H]1CCO[C@H](C[OH2+])C1. The van der Waals surface area contributed by atoms with Crippen molar-refractivity contribution >= 4 is 0 Å². The lowest BCUT2D eigenvalue weighted by atomic mass is 10.1. The normalized spacial score (nSPS) is 36.7. The molecule has 0 aliphatic carbocycles. The quantitative estimate of drug-likeness (QED) is 0.478. The maximum Gasteiger partial charge on any atom is 0.170 e. The molecule has 0 aromatic heterocycles. The maximum atomic E-state index is 9.05. The van der Waals surface area contributed by atoms with E-state index in [1.807, 2.05) is 0 Å². The molecule has 54 valence electrons. The molecule has 2 atom stereocenters. The number of ether oxygens (including phenoxy) is 1. The summed E-state index contributed by atoms with van der Waals surface area (Å²) in [6, 6.07) is 0. The van der Waals surface area contributed by atoms with Crippen molar-refractivity contribution in [1.82, 2.24) is 0 Å². The summed E-state index contributed by atoms with van der Waals surface area (Å²) in [4.78, 5) is 0. The van der Waals surface area contributed by atoms with Gasteiger partial charge in [0.1, 0.15) is 6.10 Å². The monoisotopic (exact) mass is 133 g/mol. The minimum absolute atomic E-state index is 0.0197. The zero-order valence-corrected chi connectivity index (χ0v) is 5.34. The lowest BCUT2D eigenvalue weighted by Gasteiger charge is -2.22. The van der Waals surface area contributed by atoms with E-state index in [-0.39, 0.29) is 18.8 Å². The highest BCUT2D eigenvalue weighted by Crippen LogP contribution is 2.12. The summed E-state index contributed by atoms with van der Waals surface area (Å²) in [5.74, 6) is 0. The Bertz CT molecular complexity index is 84.4. The summed E-state index contributed by atoms with van der Waals surface area (Å²) < 4.78 is 5.15. The lowest BCUT2D eigenvalue weighted by molar-refractivity contribution is -0.0642. The fraction of sp³-hybridized carbons (Fsp3) is 1.00. The van der Waals surface area contributed by atoms with Crippen LogP contribution in [0.5, 0.6) is 0 Å². The topological polar surface area (TPSA) is 52.4 Å². The van der Waals surface area contributed by atoms with E-state index in [0.29, 0.717) is 13.0 Å². The molecular weight excluding hydrogens is 120 g/mol. The van der Waals surface area contributed by atoms with Gasteiger partial charge < -0.3 is 14.9 Å². The van der Waals surface area contributed by atoms with Gasteiger partial charge in [-0.25, -0.2) is 0 Å². The highest BCUT2D eigenvalue weighted by Gasteiger charge is 2.21. The van der Waals surface area contributed by atoms with Crippen LogP contribution in [0.1, 0.15) is 12.8 Å². The molecule has 1 saturated heterocycles. The van der Waals surface area contributed by atoms with E-state index in [2.05, 4.69) is 0 Å². The second-order valence-corrected chi connectivity index (χ2v) is 2.38. The summed E-state index contributed by atoms with van der Waals surface area (Å²) in [6.45, 7) is 0.891. The third-order valence-corrected chi connectivity index (χ3v) is 1.57. The molecule has 0 radical (unpaired) electrons. The number of aliphatic hydroxyl groups is 1. The van der Waals surface area contributed by atoms with E-state index < -0.39 is 0 Å².